The molecule has 120 valence electrons. The molecule has 0 radical (unpaired) electrons. The summed E-state index contributed by atoms with van der Waals surface area (Å²) in [5.74, 6) is 0.371. The van der Waals surface area contributed by atoms with E-state index in [0.29, 0.717) is 30.2 Å². The molecular formula is C13H24N4O2S2. The van der Waals surface area contributed by atoms with Gasteiger partial charge in [0.05, 0.1) is 5.69 Å². The van der Waals surface area contributed by atoms with E-state index in [-0.39, 0.29) is 0 Å². The topological polar surface area (TPSA) is 74.3 Å². The van der Waals surface area contributed by atoms with E-state index in [9.17, 15) is 8.42 Å². The Morgan fingerprint density at radius 1 is 1.52 bits per heavy atom. The molecule has 0 aromatic carbocycles. The van der Waals surface area contributed by atoms with Crippen molar-refractivity contribution >= 4 is 26.7 Å². The molecule has 1 aromatic rings. The van der Waals surface area contributed by atoms with Gasteiger partial charge in [0, 0.05) is 24.5 Å². The number of anilines is 1. The SMILES string of the molecule is Cc1csc(NS(=O)(=O)N2CCCC(CNC(C)C)C2)n1. The van der Waals surface area contributed by atoms with Gasteiger partial charge in [0.25, 0.3) is 0 Å². The Bertz CT molecular complexity index is 556. The number of aryl methyl sites for hydroxylation is 1. The van der Waals surface area contributed by atoms with Crippen molar-refractivity contribution in [3.05, 3.63) is 11.1 Å². The predicted molar refractivity (Wildman–Crippen MR) is 86.8 cm³/mol. The van der Waals surface area contributed by atoms with E-state index in [1.807, 2.05) is 12.3 Å². The van der Waals surface area contributed by atoms with Gasteiger partial charge in [-0.15, -0.1) is 11.3 Å². The van der Waals surface area contributed by atoms with Crippen LogP contribution in [0.5, 0.6) is 0 Å². The van der Waals surface area contributed by atoms with Crippen LogP contribution in [0.3, 0.4) is 0 Å². The largest absolute Gasteiger partial charge is 0.314 e. The van der Waals surface area contributed by atoms with E-state index in [1.165, 1.54) is 11.3 Å². The normalized spacial score (nSPS) is 20.9. The summed E-state index contributed by atoms with van der Waals surface area (Å²) in [5, 5.41) is 5.66. The molecule has 0 saturated carbocycles. The van der Waals surface area contributed by atoms with Crippen LogP contribution >= 0.6 is 11.3 Å². The van der Waals surface area contributed by atoms with Crippen LogP contribution in [-0.4, -0.2) is 43.4 Å². The molecule has 1 fully saturated rings. The van der Waals surface area contributed by atoms with Crippen LogP contribution in [-0.2, 0) is 10.2 Å². The fraction of sp³-hybridized carbons (Fsp3) is 0.769. The van der Waals surface area contributed by atoms with Gasteiger partial charge in [-0.25, -0.2) is 9.71 Å². The summed E-state index contributed by atoms with van der Waals surface area (Å²) >= 11 is 1.31. The van der Waals surface area contributed by atoms with Crippen molar-refractivity contribution in [1.82, 2.24) is 14.6 Å². The van der Waals surface area contributed by atoms with Gasteiger partial charge in [-0.2, -0.15) is 12.7 Å². The fourth-order valence-corrected chi connectivity index (χ4v) is 4.60. The number of nitrogens with zero attached hydrogens (tertiary/aromatic N) is 2. The Hall–Kier alpha value is -0.700. The highest BCUT2D eigenvalue weighted by Gasteiger charge is 2.29. The van der Waals surface area contributed by atoms with Crippen molar-refractivity contribution in [3.8, 4) is 0 Å². The van der Waals surface area contributed by atoms with E-state index in [1.54, 1.807) is 4.31 Å². The van der Waals surface area contributed by atoms with Crippen LogP contribution in [0.4, 0.5) is 5.13 Å². The molecule has 0 amide bonds. The van der Waals surface area contributed by atoms with Gasteiger partial charge in [0.2, 0.25) is 0 Å². The molecule has 1 aliphatic rings. The predicted octanol–water partition coefficient (Wildman–Crippen LogP) is 1.82. The Kier molecular flexibility index (Phi) is 5.59. The minimum Gasteiger partial charge on any atom is -0.314 e. The standard InChI is InChI=1S/C13H24N4O2S2/c1-10(2)14-7-12-5-4-6-17(8-12)21(18,19)16-13-15-11(3)9-20-13/h9-10,12,14H,4-8H2,1-3H3,(H,15,16). The number of piperidine rings is 1. The van der Waals surface area contributed by atoms with Gasteiger partial charge in [-0.1, -0.05) is 13.8 Å². The maximum atomic E-state index is 12.4. The van der Waals surface area contributed by atoms with E-state index in [4.69, 9.17) is 0 Å². The Balaban J connectivity index is 1.95. The lowest BCUT2D eigenvalue weighted by Crippen LogP contribution is -2.45. The van der Waals surface area contributed by atoms with Gasteiger partial charge < -0.3 is 5.32 Å². The monoisotopic (exact) mass is 332 g/mol. The smallest absolute Gasteiger partial charge is 0.303 e. The number of hydrogen-bond acceptors (Lipinski definition) is 5. The van der Waals surface area contributed by atoms with Crippen LogP contribution in [0.1, 0.15) is 32.4 Å². The third kappa shape index (κ3) is 4.91. The summed E-state index contributed by atoms with van der Waals surface area (Å²) in [6.45, 7) is 8.06. The highest BCUT2D eigenvalue weighted by Crippen LogP contribution is 2.22. The van der Waals surface area contributed by atoms with Crippen molar-refractivity contribution < 1.29 is 8.42 Å². The second kappa shape index (κ2) is 7.04. The molecular weight excluding hydrogens is 308 g/mol. The number of nitrogens with one attached hydrogen (secondary N) is 2. The molecule has 1 unspecified atom stereocenters. The first kappa shape index (κ1) is 16.7. The third-order valence-electron chi connectivity index (χ3n) is 3.47. The van der Waals surface area contributed by atoms with Crippen molar-refractivity contribution in [3.63, 3.8) is 0 Å². The molecule has 6 nitrogen and oxygen atoms in total. The van der Waals surface area contributed by atoms with E-state index >= 15 is 0 Å². The molecule has 8 heteroatoms. The molecule has 2 rings (SSSR count). The Morgan fingerprint density at radius 2 is 2.29 bits per heavy atom. The summed E-state index contributed by atoms with van der Waals surface area (Å²) in [6.07, 6.45) is 1.98. The molecule has 1 aliphatic heterocycles. The zero-order chi connectivity index (χ0) is 15.5. The summed E-state index contributed by atoms with van der Waals surface area (Å²) in [4.78, 5) is 4.16. The number of rotatable bonds is 6. The van der Waals surface area contributed by atoms with Gasteiger partial charge >= 0.3 is 10.2 Å². The zero-order valence-electron chi connectivity index (χ0n) is 12.8. The molecule has 1 atom stereocenters. The first-order chi connectivity index (χ1) is 9.87. The minimum atomic E-state index is -3.49. The van der Waals surface area contributed by atoms with E-state index in [2.05, 4.69) is 28.9 Å². The van der Waals surface area contributed by atoms with E-state index in [0.717, 1.165) is 25.1 Å². The molecule has 21 heavy (non-hydrogen) atoms. The maximum Gasteiger partial charge on any atom is 0.303 e. The average Bonchev–Trinajstić information content (AvgIpc) is 2.81. The molecule has 0 spiro atoms. The summed E-state index contributed by atoms with van der Waals surface area (Å²) in [6, 6.07) is 0.424. The molecule has 2 N–H and O–H groups in total. The zero-order valence-corrected chi connectivity index (χ0v) is 14.4. The first-order valence-electron chi connectivity index (χ1n) is 7.30. The average molecular weight is 332 g/mol. The van der Waals surface area contributed by atoms with Crippen LogP contribution in [0.2, 0.25) is 0 Å². The van der Waals surface area contributed by atoms with Crippen molar-refractivity contribution in [2.75, 3.05) is 24.4 Å². The lowest BCUT2D eigenvalue weighted by Gasteiger charge is -2.32. The number of thiazole rings is 1. The minimum absolute atomic E-state index is 0.371. The fourth-order valence-electron chi connectivity index (χ4n) is 2.39. The molecule has 0 aliphatic carbocycles. The van der Waals surface area contributed by atoms with Gasteiger partial charge in [0.1, 0.15) is 0 Å². The third-order valence-corrected chi connectivity index (χ3v) is 5.94. The highest BCUT2D eigenvalue weighted by atomic mass is 32.2. The lowest BCUT2D eigenvalue weighted by atomic mass is 9.99. The first-order valence-corrected chi connectivity index (χ1v) is 9.62. The Labute approximate surface area is 131 Å². The molecule has 1 saturated heterocycles. The van der Waals surface area contributed by atoms with E-state index < -0.39 is 10.2 Å². The molecule has 2 heterocycles. The highest BCUT2D eigenvalue weighted by molar-refractivity contribution is 7.90. The summed E-state index contributed by atoms with van der Waals surface area (Å²) in [7, 11) is -3.49. The maximum absolute atomic E-state index is 12.4. The van der Waals surface area contributed by atoms with Crippen LogP contribution in [0, 0.1) is 12.8 Å². The second-order valence-electron chi connectivity index (χ2n) is 5.83. The number of hydrogen-bond donors (Lipinski definition) is 2. The van der Waals surface area contributed by atoms with Gasteiger partial charge in [-0.3, -0.25) is 0 Å². The Morgan fingerprint density at radius 3 is 2.90 bits per heavy atom. The lowest BCUT2D eigenvalue weighted by molar-refractivity contribution is 0.257. The van der Waals surface area contributed by atoms with Crippen molar-refractivity contribution in [2.24, 2.45) is 5.92 Å². The van der Waals surface area contributed by atoms with Crippen LogP contribution in [0.15, 0.2) is 5.38 Å². The van der Waals surface area contributed by atoms with Crippen LogP contribution in [0.25, 0.3) is 0 Å². The molecule has 0 bridgehead atoms. The summed E-state index contributed by atoms with van der Waals surface area (Å²) < 4.78 is 28.9. The second-order valence-corrected chi connectivity index (χ2v) is 8.36. The molecule has 1 aromatic heterocycles. The van der Waals surface area contributed by atoms with Crippen molar-refractivity contribution in [2.45, 2.75) is 39.7 Å². The van der Waals surface area contributed by atoms with Crippen molar-refractivity contribution in [1.29, 1.82) is 0 Å². The number of aromatic nitrogens is 1. The quantitative estimate of drug-likeness (QED) is 0.833. The summed E-state index contributed by atoms with van der Waals surface area (Å²) in [5.41, 5.74) is 0.829. The van der Waals surface area contributed by atoms with Crippen LogP contribution < -0.4 is 10.0 Å². The van der Waals surface area contributed by atoms with Gasteiger partial charge in [-0.05, 0) is 32.2 Å². The van der Waals surface area contributed by atoms with Gasteiger partial charge in [0.15, 0.2) is 5.13 Å².